The molecule has 14 heteroatoms. The van der Waals surface area contributed by atoms with Crippen LogP contribution in [-0.2, 0) is 9.84 Å². The van der Waals surface area contributed by atoms with Crippen LogP contribution >= 0.6 is 0 Å². The van der Waals surface area contributed by atoms with Gasteiger partial charge in [-0.05, 0) is 31.5 Å². The van der Waals surface area contributed by atoms with Gasteiger partial charge < -0.3 is 20.4 Å². The normalized spacial score (nSPS) is 18.2. The van der Waals surface area contributed by atoms with Crippen LogP contribution in [0.2, 0.25) is 0 Å². The maximum absolute atomic E-state index is 14.4. The highest BCUT2D eigenvalue weighted by Crippen LogP contribution is 2.32. The molecule has 202 valence electrons. The Morgan fingerprint density at radius 1 is 1.13 bits per heavy atom. The molecular formula is C24H25F3N6O4S. The molecule has 3 heterocycles. The molecule has 2 aliphatic rings. The van der Waals surface area contributed by atoms with Crippen LogP contribution in [0.25, 0.3) is 0 Å². The minimum Gasteiger partial charge on any atom is -0.483 e. The number of benzene rings is 1. The van der Waals surface area contributed by atoms with Crippen molar-refractivity contribution in [2.75, 3.05) is 24.7 Å². The molecule has 1 fully saturated rings. The lowest BCUT2D eigenvalue weighted by molar-refractivity contribution is 0.0256. The lowest BCUT2D eigenvalue weighted by Crippen LogP contribution is -2.58. The SMILES string of the molecule is CC(=N)/C(=C(/C)Nc1cc(OC2CN(C(=O)N3N=CC[C@H]3c3cc(F)cc(F)c3)C2)c(F)cn1)S(C)(=O)=O. The fraction of sp³-hybridized carbons (Fsp3) is 0.333. The van der Waals surface area contributed by atoms with Crippen molar-refractivity contribution in [1.29, 1.82) is 5.41 Å². The molecule has 0 unspecified atom stereocenters. The van der Waals surface area contributed by atoms with E-state index in [0.29, 0.717) is 6.42 Å². The van der Waals surface area contributed by atoms with Gasteiger partial charge in [-0.2, -0.15) is 5.10 Å². The number of halogens is 3. The number of hydrogen-bond donors (Lipinski definition) is 2. The van der Waals surface area contributed by atoms with E-state index in [9.17, 15) is 26.4 Å². The molecule has 2 N–H and O–H groups in total. The largest absolute Gasteiger partial charge is 0.483 e. The van der Waals surface area contributed by atoms with Gasteiger partial charge in [0.2, 0.25) is 0 Å². The van der Waals surface area contributed by atoms with Gasteiger partial charge in [0, 0.05) is 42.4 Å². The number of likely N-dealkylation sites (tertiary alicyclic amines) is 1. The first-order chi connectivity index (χ1) is 17.8. The van der Waals surface area contributed by atoms with Crippen molar-refractivity contribution in [3.8, 4) is 5.75 Å². The second-order valence-corrected chi connectivity index (χ2v) is 11.0. The van der Waals surface area contributed by atoms with Gasteiger partial charge in [0.25, 0.3) is 0 Å². The molecule has 38 heavy (non-hydrogen) atoms. The van der Waals surface area contributed by atoms with Gasteiger partial charge in [0.05, 0.1) is 25.3 Å². The van der Waals surface area contributed by atoms with E-state index in [-0.39, 0.29) is 46.5 Å². The molecule has 1 saturated heterocycles. The molecule has 2 aromatic rings. The highest BCUT2D eigenvalue weighted by atomic mass is 32.2. The van der Waals surface area contributed by atoms with E-state index in [1.807, 2.05) is 0 Å². The number of hydrogen-bond acceptors (Lipinski definition) is 8. The highest BCUT2D eigenvalue weighted by Gasteiger charge is 2.39. The first kappa shape index (κ1) is 27.1. The van der Waals surface area contributed by atoms with Gasteiger partial charge >= 0.3 is 6.03 Å². The van der Waals surface area contributed by atoms with Crippen LogP contribution in [0.1, 0.15) is 31.9 Å². The van der Waals surface area contributed by atoms with Gasteiger partial charge in [-0.1, -0.05) is 0 Å². The third-order valence-electron chi connectivity index (χ3n) is 5.90. The maximum Gasteiger partial charge on any atom is 0.341 e. The highest BCUT2D eigenvalue weighted by molar-refractivity contribution is 7.95. The van der Waals surface area contributed by atoms with E-state index < -0.39 is 45.5 Å². The van der Waals surface area contributed by atoms with E-state index in [4.69, 9.17) is 10.1 Å². The molecule has 2 amide bonds. The van der Waals surface area contributed by atoms with E-state index in [0.717, 1.165) is 35.7 Å². The second kappa shape index (κ2) is 10.4. The number of allylic oxidation sites excluding steroid dienone is 2. The number of aromatic nitrogens is 1. The summed E-state index contributed by atoms with van der Waals surface area (Å²) in [5.41, 5.74) is 0.258. The van der Waals surface area contributed by atoms with Gasteiger partial charge in [0.15, 0.2) is 21.4 Å². The lowest BCUT2D eigenvalue weighted by Gasteiger charge is -2.41. The number of rotatable bonds is 7. The number of nitrogens with one attached hydrogen (secondary N) is 2. The predicted octanol–water partition coefficient (Wildman–Crippen LogP) is 3.84. The fourth-order valence-electron chi connectivity index (χ4n) is 4.30. The summed E-state index contributed by atoms with van der Waals surface area (Å²) in [7, 11) is -3.69. The molecule has 4 rings (SSSR count). The van der Waals surface area contributed by atoms with Gasteiger partial charge in [-0.25, -0.2) is 36.4 Å². The van der Waals surface area contributed by atoms with Crippen molar-refractivity contribution in [3.63, 3.8) is 0 Å². The maximum atomic E-state index is 14.4. The van der Waals surface area contributed by atoms with Crippen molar-refractivity contribution in [2.45, 2.75) is 32.4 Å². The number of carbonyl (C=O) groups excluding carboxylic acids is 1. The van der Waals surface area contributed by atoms with Crippen molar-refractivity contribution in [3.05, 3.63) is 64.1 Å². The summed E-state index contributed by atoms with van der Waals surface area (Å²) in [6.07, 6.45) is 3.13. The van der Waals surface area contributed by atoms with Crippen molar-refractivity contribution < 1.29 is 31.1 Å². The lowest BCUT2D eigenvalue weighted by atomic mass is 10.0. The number of hydrazone groups is 1. The summed E-state index contributed by atoms with van der Waals surface area (Å²) in [4.78, 5) is 18.0. The molecule has 0 bridgehead atoms. The Morgan fingerprint density at radius 3 is 2.39 bits per heavy atom. The number of nitrogens with zero attached hydrogens (tertiary/aromatic N) is 4. The zero-order valence-electron chi connectivity index (χ0n) is 20.7. The Hall–Kier alpha value is -3.94. The number of urea groups is 1. The Bertz CT molecular complexity index is 1440. The molecule has 1 aromatic carbocycles. The molecule has 0 saturated carbocycles. The Labute approximate surface area is 217 Å². The van der Waals surface area contributed by atoms with Crippen molar-refractivity contribution in [1.82, 2.24) is 14.9 Å². The number of carbonyl (C=O) groups is 1. The smallest absolute Gasteiger partial charge is 0.341 e. The Balaban J connectivity index is 1.41. The second-order valence-electron chi connectivity index (χ2n) is 9.00. The number of ether oxygens (including phenoxy) is 1. The minimum absolute atomic E-state index is 0.102. The van der Waals surface area contributed by atoms with Crippen LogP contribution < -0.4 is 10.1 Å². The first-order valence-corrected chi connectivity index (χ1v) is 13.3. The van der Waals surface area contributed by atoms with Gasteiger partial charge in [-0.3, -0.25) is 0 Å². The van der Waals surface area contributed by atoms with E-state index >= 15 is 0 Å². The zero-order chi connectivity index (χ0) is 27.8. The summed E-state index contributed by atoms with van der Waals surface area (Å²) < 4.78 is 71.4. The quantitative estimate of drug-likeness (QED) is 0.504. The number of pyridine rings is 1. The van der Waals surface area contributed by atoms with Crippen LogP contribution in [0, 0.1) is 22.9 Å². The molecule has 10 nitrogen and oxygen atoms in total. The van der Waals surface area contributed by atoms with E-state index in [1.165, 1.54) is 31.0 Å². The third kappa shape index (κ3) is 5.79. The standard InChI is InChI=1S/C24H25F3N6O4S/c1-13(28)23(38(3,35)36)14(2)31-22-9-21(19(27)10-29-22)37-18-11-32(12-18)24(34)33-20(4-5-30-33)15-6-16(25)8-17(26)7-15/h5-10,18,20,28H,4,11-12H2,1-3H3,(H,29,31)/b23-14+,28-13?/t20-/m0/s1. The summed E-state index contributed by atoms with van der Waals surface area (Å²) >= 11 is 0. The Morgan fingerprint density at radius 2 is 1.79 bits per heavy atom. The summed E-state index contributed by atoms with van der Waals surface area (Å²) in [6, 6.07) is 3.17. The Kier molecular flexibility index (Phi) is 7.44. The zero-order valence-corrected chi connectivity index (χ0v) is 21.5. The average molecular weight is 551 g/mol. The monoisotopic (exact) mass is 550 g/mol. The number of amides is 2. The number of anilines is 1. The molecule has 1 atom stereocenters. The molecule has 1 aromatic heterocycles. The van der Waals surface area contributed by atoms with Crippen molar-refractivity contribution >= 4 is 33.6 Å². The third-order valence-corrected chi connectivity index (χ3v) is 7.25. The van der Waals surface area contributed by atoms with Crippen LogP contribution in [0.5, 0.6) is 5.75 Å². The molecule has 0 radical (unpaired) electrons. The van der Waals surface area contributed by atoms with Gasteiger partial charge in [-0.15, -0.1) is 0 Å². The first-order valence-electron chi connectivity index (χ1n) is 11.5. The molecule has 0 aliphatic carbocycles. The van der Waals surface area contributed by atoms with Gasteiger partial charge in [0.1, 0.15) is 28.5 Å². The predicted molar refractivity (Wildman–Crippen MR) is 134 cm³/mol. The molecule has 0 spiro atoms. The average Bonchev–Trinajstić information content (AvgIpc) is 3.25. The topological polar surface area (TPSA) is 128 Å². The van der Waals surface area contributed by atoms with E-state index in [1.54, 1.807) is 0 Å². The molecule has 2 aliphatic heterocycles. The molecular weight excluding hydrogens is 525 g/mol. The van der Waals surface area contributed by atoms with Crippen LogP contribution in [0.4, 0.5) is 23.8 Å². The van der Waals surface area contributed by atoms with Crippen LogP contribution in [0.3, 0.4) is 0 Å². The fourth-order valence-corrected chi connectivity index (χ4v) is 5.46. The summed E-state index contributed by atoms with van der Waals surface area (Å²) in [5, 5.41) is 15.7. The summed E-state index contributed by atoms with van der Waals surface area (Å²) in [5.74, 6) is -2.32. The number of sulfone groups is 1. The van der Waals surface area contributed by atoms with Crippen molar-refractivity contribution in [2.24, 2.45) is 5.10 Å². The van der Waals surface area contributed by atoms with Crippen LogP contribution in [-0.4, -0.2) is 66.7 Å². The van der Waals surface area contributed by atoms with E-state index in [2.05, 4.69) is 15.4 Å². The minimum atomic E-state index is -3.69. The summed E-state index contributed by atoms with van der Waals surface area (Å²) in [6.45, 7) is 3.03. The van der Waals surface area contributed by atoms with Crippen LogP contribution in [0.15, 0.2) is 46.2 Å².